The molecule has 0 aliphatic carbocycles. The van der Waals surface area contributed by atoms with E-state index in [2.05, 4.69) is 0 Å². The molecule has 1 aromatic heterocycles. The van der Waals surface area contributed by atoms with E-state index in [1.807, 2.05) is 12.3 Å². The Morgan fingerprint density at radius 3 is 3.00 bits per heavy atom. The Labute approximate surface area is 78.1 Å². The van der Waals surface area contributed by atoms with Gasteiger partial charge < -0.3 is 0 Å². The van der Waals surface area contributed by atoms with Gasteiger partial charge in [-0.15, -0.1) is 0 Å². The quantitative estimate of drug-likeness (QED) is 0.537. The molecule has 0 aliphatic heterocycles. The predicted octanol–water partition coefficient (Wildman–Crippen LogP) is 0.183. The van der Waals surface area contributed by atoms with Crippen molar-refractivity contribution in [3.8, 4) is 0 Å². The molecule has 60 valence electrons. The van der Waals surface area contributed by atoms with Crippen molar-refractivity contribution in [1.82, 2.24) is 0 Å². The van der Waals surface area contributed by atoms with Crippen molar-refractivity contribution >= 4 is 37.8 Å². The van der Waals surface area contributed by atoms with E-state index in [4.69, 9.17) is 4.74 Å². The van der Waals surface area contributed by atoms with Gasteiger partial charge in [0, 0.05) is 0 Å². The summed E-state index contributed by atoms with van der Waals surface area (Å²) in [7, 11) is 0. The van der Waals surface area contributed by atoms with Crippen LogP contribution in [-0.2, 0) is 4.74 Å². The van der Waals surface area contributed by atoms with Crippen LogP contribution in [0.1, 0.15) is 17.3 Å². The Kier molecular flexibility index (Phi) is 3.15. The van der Waals surface area contributed by atoms with Crippen LogP contribution in [-0.4, -0.2) is 29.4 Å². The zero-order valence-corrected chi connectivity index (χ0v) is 9.40. The molecule has 0 saturated carbocycles. The molecular weight excluding hydrogens is 223 g/mol. The van der Waals surface area contributed by atoms with Gasteiger partial charge in [-0.3, -0.25) is 0 Å². The van der Waals surface area contributed by atoms with Gasteiger partial charge >= 0.3 is 77.9 Å². The van der Waals surface area contributed by atoms with Gasteiger partial charge in [-0.1, -0.05) is 0 Å². The van der Waals surface area contributed by atoms with Crippen molar-refractivity contribution in [2.45, 2.75) is 6.92 Å². The molecular formula is C7H9AsO2S. The Hall–Kier alpha value is -0.272. The SMILES string of the molecule is CCOC(=O)c1ccsc1[AsH2]. The first-order valence-corrected chi connectivity index (χ1v) is 5.35. The second-order valence-electron chi connectivity index (χ2n) is 1.92. The molecule has 1 aromatic rings. The number of thiophene rings is 1. The van der Waals surface area contributed by atoms with E-state index in [1.165, 1.54) is 16.9 Å². The monoisotopic (exact) mass is 232 g/mol. The zero-order chi connectivity index (χ0) is 8.27. The number of esters is 1. The molecule has 1 rings (SSSR count). The molecule has 1 unspecified atom stereocenters. The van der Waals surface area contributed by atoms with Crippen LogP contribution in [0, 0.1) is 0 Å². The molecule has 0 radical (unpaired) electrons. The number of rotatable bonds is 2. The van der Waals surface area contributed by atoms with E-state index in [9.17, 15) is 4.79 Å². The van der Waals surface area contributed by atoms with Gasteiger partial charge in [0.05, 0.1) is 0 Å². The molecule has 0 bridgehead atoms. The summed E-state index contributed by atoms with van der Waals surface area (Å²) in [5.41, 5.74) is 0.719. The van der Waals surface area contributed by atoms with Crippen LogP contribution in [0.3, 0.4) is 0 Å². The fraction of sp³-hybridized carbons (Fsp3) is 0.286. The van der Waals surface area contributed by atoms with Crippen molar-refractivity contribution in [3.05, 3.63) is 17.0 Å². The van der Waals surface area contributed by atoms with E-state index in [-0.39, 0.29) is 5.97 Å². The Balaban J connectivity index is 2.76. The fourth-order valence-electron chi connectivity index (χ4n) is 0.698. The molecule has 1 heterocycles. The average Bonchev–Trinajstić information content (AvgIpc) is 2.36. The van der Waals surface area contributed by atoms with Crippen LogP contribution >= 0.6 is 11.3 Å². The Bertz CT molecular complexity index is 257. The molecule has 0 N–H and O–H groups in total. The van der Waals surface area contributed by atoms with Crippen LogP contribution in [0.4, 0.5) is 0 Å². The van der Waals surface area contributed by atoms with E-state index in [1.54, 1.807) is 17.4 Å². The maximum atomic E-state index is 11.1. The number of ether oxygens (including phenoxy) is 1. The van der Waals surface area contributed by atoms with Gasteiger partial charge in [0.15, 0.2) is 0 Å². The van der Waals surface area contributed by atoms with Crippen molar-refractivity contribution in [1.29, 1.82) is 0 Å². The molecule has 4 heteroatoms. The molecule has 2 nitrogen and oxygen atoms in total. The molecule has 0 aliphatic rings. The number of hydrogen-bond acceptors (Lipinski definition) is 3. The summed E-state index contributed by atoms with van der Waals surface area (Å²) in [4.78, 5) is 11.1. The number of carbonyl (C=O) groups is 1. The summed E-state index contributed by atoms with van der Waals surface area (Å²) in [5, 5.41) is 1.91. The minimum atomic E-state index is -0.201. The second-order valence-corrected chi connectivity index (χ2v) is 4.96. The first-order chi connectivity index (χ1) is 5.25. The average molecular weight is 232 g/mol. The van der Waals surface area contributed by atoms with Crippen LogP contribution in [0.15, 0.2) is 11.4 Å². The van der Waals surface area contributed by atoms with Crippen LogP contribution in [0.25, 0.3) is 0 Å². The second kappa shape index (κ2) is 3.93. The summed E-state index contributed by atoms with van der Waals surface area (Å²) in [6.07, 6.45) is 0. The first kappa shape index (κ1) is 8.82. The van der Waals surface area contributed by atoms with Gasteiger partial charge in [-0.2, -0.15) is 0 Å². The summed E-state index contributed by atoms with van der Waals surface area (Å²) >= 11 is 3.05. The Morgan fingerprint density at radius 1 is 1.82 bits per heavy atom. The maximum absolute atomic E-state index is 11.1. The van der Waals surface area contributed by atoms with Gasteiger partial charge in [0.25, 0.3) is 0 Å². The normalized spacial score (nSPS) is 9.64. The van der Waals surface area contributed by atoms with Crippen molar-refractivity contribution in [2.24, 2.45) is 0 Å². The predicted molar refractivity (Wildman–Crippen MR) is 48.5 cm³/mol. The van der Waals surface area contributed by atoms with E-state index in [0.29, 0.717) is 6.61 Å². The molecule has 11 heavy (non-hydrogen) atoms. The molecule has 0 fully saturated rings. The van der Waals surface area contributed by atoms with E-state index < -0.39 is 0 Å². The molecule has 0 amide bonds. The summed E-state index contributed by atoms with van der Waals surface area (Å²) in [6, 6.07) is 1.81. The fourth-order valence-corrected chi connectivity index (χ4v) is 2.27. The molecule has 0 saturated heterocycles. The number of carbonyl (C=O) groups excluding carboxylic acids is 1. The molecule has 0 spiro atoms. The number of hydrogen-bond donors (Lipinski definition) is 0. The minimum absolute atomic E-state index is 0.201. The molecule has 0 aromatic carbocycles. The van der Waals surface area contributed by atoms with Gasteiger partial charge in [0.1, 0.15) is 0 Å². The summed E-state index contributed by atoms with van der Waals surface area (Å²) in [5.74, 6) is -0.201. The zero-order valence-electron chi connectivity index (χ0n) is 6.16. The van der Waals surface area contributed by atoms with E-state index >= 15 is 0 Å². The Morgan fingerprint density at radius 2 is 2.55 bits per heavy atom. The van der Waals surface area contributed by atoms with Crippen molar-refractivity contribution in [2.75, 3.05) is 6.61 Å². The first-order valence-electron chi connectivity index (χ1n) is 3.25. The summed E-state index contributed by atoms with van der Waals surface area (Å²) in [6.45, 7) is 2.26. The van der Waals surface area contributed by atoms with Gasteiger partial charge in [-0.05, 0) is 0 Å². The third-order valence-corrected chi connectivity index (χ3v) is 3.45. The summed E-state index contributed by atoms with van der Waals surface area (Å²) < 4.78 is 5.92. The van der Waals surface area contributed by atoms with Crippen LogP contribution in [0.5, 0.6) is 0 Å². The van der Waals surface area contributed by atoms with E-state index in [0.717, 1.165) is 9.23 Å². The van der Waals surface area contributed by atoms with Crippen LogP contribution < -0.4 is 3.66 Å². The van der Waals surface area contributed by atoms with Crippen molar-refractivity contribution in [3.63, 3.8) is 0 Å². The van der Waals surface area contributed by atoms with Crippen molar-refractivity contribution < 1.29 is 9.53 Å². The molecule has 1 atom stereocenters. The topological polar surface area (TPSA) is 26.3 Å². The third-order valence-electron chi connectivity index (χ3n) is 1.19. The van der Waals surface area contributed by atoms with Crippen LogP contribution in [0.2, 0.25) is 0 Å². The standard InChI is InChI=1S/C7H9AsO2S/c1-2-10-7(9)5-3-4-11-6(5)8/h3-4H,2,8H2,1H3. The van der Waals surface area contributed by atoms with Gasteiger partial charge in [0.2, 0.25) is 0 Å². The van der Waals surface area contributed by atoms with Gasteiger partial charge in [-0.25, -0.2) is 0 Å². The third kappa shape index (κ3) is 2.08.